The van der Waals surface area contributed by atoms with Gasteiger partial charge in [-0.05, 0) is 28.6 Å². The molecule has 1 saturated heterocycles. The Morgan fingerprint density at radius 3 is 2.36 bits per heavy atom. The molecule has 0 bridgehead atoms. The van der Waals surface area contributed by atoms with Crippen molar-refractivity contribution in [3.8, 4) is 5.69 Å². The Kier molecular flexibility index (Phi) is 4.67. The SMILES string of the molecule is O=C(c1ccccc1[N+](=O)[O-])N1CCN(c2nnnn2-c2ccccc2)CC1. The molecule has 1 aromatic heterocycles. The molecule has 0 unspecified atom stereocenters. The Bertz CT molecular complexity index is 997. The van der Waals surface area contributed by atoms with Gasteiger partial charge in [-0.25, -0.2) is 0 Å². The minimum Gasteiger partial charge on any atom is -0.336 e. The maximum atomic E-state index is 12.8. The van der Waals surface area contributed by atoms with Crippen molar-refractivity contribution in [2.24, 2.45) is 0 Å². The van der Waals surface area contributed by atoms with Gasteiger partial charge in [-0.1, -0.05) is 35.4 Å². The summed E-state index contributed by atoms with van der Waals surface area (Å²) in [6.07, 6.45) is 0. The third kappa shape index (κ3) is 3.27. The zero-order valence-corrected chi connectivity index (χ0v) is 14.9. The largest absolute Gasteiger partial charge is 0.336 e. The summed E-state index contributed by atoms with van der Waals surface area (Å²) in [7, 11) is 0. The molecule has 0 aliphatic carbocycles. The molecule has 10 heteroatoms. The van der Waals surface area contributed by atoms with E-state index in [0.717, 1.165) is 5.69 Å². The van der Waals surface area contributed by atoms with Gasteiger partial charge in [0.05, 0.1) is 10.6 Å². The number of aromatic nitrogens is 4. The zero-order chi connectivity index (χ0) is 19.5. The number of rotatable bonds is 4. The first-order valence-electron chi connectivity index (χ1n) is 8.76. The molecule has 1 amide bonds. The van der Waals surface area contributed by atoms with Gasteiger partial charge >= 0.3 is 0 Å². The second-order valence-corrected chi connectivity index (χ2v) is 6.28. The van der Waals surface area contributed by atoms with Gasteiger partial charge in [0.1, 0.15) is 5.56 Å². The molecule has 4 rings (SSSR count). The third-order valence-electron chi connectivity index (χ3n) is 4.63. The maximum absolute atomic E-state index is 12.8. The molecule has 1 aliphatic rings. The van der Waals surface area contributed by atoms with E-state index < -0.39 is 4.92 Å². The molecule has 1 aliphatic heterocycles. The minimum absolute atomic E-state index is 0.107. The Hall–Kier alpha value is -3.82. The number of nitrogens with zero attached hydrogens (tertiary/aromatic N) is 7. The lowest BCUT2D eigenvalue weighted by atomic mass is 10.1. The normalized spacial score (nSPS) is 14.1. The van der Waals surface area contributed by atoms with Crippen molar-refractivity contribution < 1.29 is 9.72 Å². The van der Waals surface area contributed by atoms with Gasteiger partial charge in [0.25, 0.3) is 11.6 Å². The molecular weight excluding hydrogens is 362 g/mol. The molecule has 2 heterocycles. The van der Waals surface area contributed by atoms with Crippen molar-refractivity contribution in [3.63, 3.8) is 0 Å². The molecule has 142 valence electrons. The monoisotopic (exact) mass is 379 g/mol. The van der Waals surface area contributed by atoms with Gasteiger partial charge in [-0.3, -0.25) is 14.9 Å². The fourth-order valence-electron chi connectivity index (χ4n) is 3.21. The number of amides is 1. The number of benzene rings is 2. The fraction of sp³-hybridized carbons (Fsp3) is 0.222. The Labute approximate surface area is 160 Å². The highest BCUT2D eigenvalue weighted by Gasteiger charge is 2.28. The lowest BCUT2D eigenvalue weighted by Gasteiger charge is -2.34. The van der Waals surface area contributed by atoms with Gasteiger partial charge in [-0.2, -0.15) is 4.68 Å². The van der Waals surface area contributed by atoms with E-state index in [1.165, 1.54) is 12.1 Å². The van der Waals surface area contributed by atoms with Gasteiger partial charge in [-0.15, -0.1) is 0 Å². The van der Waals surface area contributed by atoms with Crippen LogP contribution in [0.2, 0.25) is 0 Å². The van der Waals surface area contributed by atoms with E-state index in [9.17, 15) is 14.9 Å². The van der Waals surface area contributed by atoms with Gasteiger partial charge in [0, 0.05) is 32.2 Å². The second kappa shape index (κ2) is 7.43. The maximum Gasteiger partial charge on any atom is 0.282 e. The van der Waals surface area contributed by atoms with Crippen LogP contribution in [-0.2, 0) is 0 Å². The van der Waals surface area contributed by atoms with Crippen LogP contribution in [0.15, 0.2) is 54.6 Å². The van der Waals surface area contributed by atoms with Gasteiger partial charge in [0.2, 0.25) is 5.95 Å². The third-order valence-corrected chi connectivity index (χ3v) is 4.63. The summed E-state index contributed by atoms with van der Waals surface area (Å²) < 4.78 is 1.65. The number of hydrogen-bond donors (Lipinski definition) is 0. The first-order valence-corrected chi connectivity index (χ1v) is 8.76. The van der Waals surface area contributed by atoms with Crippen LogP contribution in [-0.4, -0.2) is 62.1 Å². The summed E-state index contributed by atoms with van der Waals surface area (Å²) in [4.78, 5) is 27.0. The summed E-state index contributed by atoms with van der Waals surface area (Å²) in [6.45, 7) is 1.90. The molecular formula is C18H17N7O3. The van der Waals surface area contributed by atoms with E-state index in [1.807, 2.05) is 35.2 Å². The van der Waals surface area contributed by atoms with Crippen molar-refractivity contribution in [2.45, 2.75) is 0 Å². The lowest BCUT2D eigenvalue weighted by molar-refractivity contribution is -0.385. The van der Waals surface area contributed by atoms with Crippen molar-refractivity contribution in [2.75, 3.05) is 31.1 Å². The highest BCUT2D eigenvalue weighted by atomic mass is 16.6. The molecule has 3 aromatic rings. The van der Waals surface area contributed by atoms with Crippen LogP contribution in [0.3, 0.4) is 0 Å². The Morgan fingerprint density at radius 2 is 1.64 bits per heavy atom. The molecule has 0 radical (unpaired) electrons. The van der Waals surface area contributed by atoms with Crippen molar-refractivity contribution in [3.05, 3.63) is 70.3 Å². The molecule has 0 spiro atoms. The number of hydrogen-bond acceptors (Lipinski definition) is 7. The van der Waals surface area contributed by atoms with E-state index in [-0.39, 0.29) is 17.2 Å². The number of tetrazole rings is 1. The first kappa shape index (κ1) is 17.6. The summed E-state index contributed by atoms with van der Waals surface area (Å²) >= 11 is 0. The number of nitro benzene ring substituents is 1. The van der Waals surface area contributed by atoms with E-state index in [2.05, 4.69) is 15.5 Å². The molecule has 0 N–H and O–H groups in total. The predicted octanol–water partition coefficient (Wildman–Crippen LogP) is 1.53. The Balaban J connectivity index is 1.49. The quantitative estimate of drug-likeness (QED) is 0.499. The van der Waals surface area contributed by atoms with Crippen LogP contribution < -0.4 is 4.90 Å². The van der Waals surface area contributed by atoms with Crippen LogP contribution in [0.5, 0.6) is 0 Å². The zero-order valence-electron chi connectivity index (χ0n) is 14.9. The molecule has 10 nitrogen and oxygen atoms in total. The Morgan fingerprint density at radius 1 is 0.964 bits per heavy atom. The fourth-order valence-corrected chi connectivity index (χ4v) is 3.21. The highest BCUT2D eigenvalue weighted by Crippen LogP contribution is 2.22. The standard InChI is InChI=1S/C18H17N7O3/c26-17(15-8-4-5-9-16(15)25(27)28)22-10-12-23(13-11-22)18-19-20-21-24(18)14-6-2-1-3-7-14/h1-9H,10-13H2. The van der Waals surface area contributed by atoms with Crippen molar-refractivity contribution >= 4 is 17.5 Å². The van der Waals surface area contributed by atoms with Gasteiger partial charge in [0.15, 0.2) is 0 Å². The molecule has 28 heavy (non-hydrogen) atoms. The van der Waals surface area contributed by atoms with Crippen LogP contribution in [0.4, 0.5) is 11.6 Å². The lowest BCUT2D eigenvalue weighted by Crippen LogP contribution is -2.49. The van der Waals surface area contributed by atoms with Crippen LogP contribution in [0.25, 0.3) is 5.69 Å². The van der Waals surface area contributed by atoms with Crippen LogP contribution in [0, 0.1) is 10.1 Å². The van der Waals surface area contributed by atoms with Crippen molar-refractivity contribution in [1.82, 2.24) is 25.1 Å². The first-order chi connectivity index (χ1) is 13.6. The van der Waals surface area contributed by atoms with Gasteiger partial charge < -0.3 is 9.80 Å². The van der Waals surface area contributed by atoms with E-state index in [1.54, 1.807) is 21.7 Å². The number of para-hydroxylation sites is 2. The minimum atomic E-state index is -0.530. The number of piperazine rings is 1. The second-order valence-electron chi connectivity index (χ2n) is 6.28. The topological polar surface area (TPSA) is 110 Å². The number of carbonyl (C=O) groups excluding carboxylic acids is 1. The average Bonchev–Trinajstić information content (AvgIpc) is 3.24. The van der Waals surface area contributed by atoms with Crippen LogP contribution >= 0.6 is 0 Å². The summed E-state index contributed by atoms with van der Waals surface area (Å²) in [5, 5.41) is 23.1. The smallest absolute Gasteiger partial charge is 0.282 e. The highest BCUT2D eigenvalue weighted by molar-refractivity contribution is 5.98. The summed E-state index contributed by atoms with van der Waals surface area (Å²) in [5.74, 6) is 0.263. The summed E-state index contributed by atoms with van der Waals surface area (Å²) in [5.41, 5.74) is 0.777. The van der Waals surface area contributed by atoms with E-state index in [4.69, 9.17) is 0 Å². The van der Waals surface area contributed by atoms with Crippen molar-refractivity contribution in [1.29, 1.82) is 0 Å². The van der Waals surface area contributed by atoms with Crippen LogP contribution in [0.1, 0.15) is 10.4 Å². The molecule has 2 aromatic carbocycles. The molecule has 0 atom stereocenters. The number of carbonyl (C=O) groups is 1. The summed E-state index contributed by atoms with van der Waals surface area (Å²) in [6, 6.07) is 15.6. The predicted molar refractivity (Wildman–Crippen MR) is 100 cm³/mol. The average molecular weight is 379 g/mol. The van der Waals surface area contributed by atoms with E-state index >= 15 is 0 Å². The molecule has 0 saturated carbocycles. The van der Waals surface area contributed by atoms with E-state index in [0.29, 0.717) is 32.1 Å². The molecule has 1 fully saturated rings. The number of anilines is 1. The number of nitro groups is 1.